The molecule has 2 saturated heterocycles. The van der Waals surface area contributed by atoms with E-state index in [0.29, 0.717) is 6.42 Å². The van der Waals surface area contributed by atoms with E-state index in [1.807, 2.05) is 6.08 Å². The first-order valence-corrected chi connectivity index (χ1v) is 31.7. The van der Waals surface area contributed by atoms with Crippen molar-refractivity contribution >= 4 is 5.91 Å². The molecule has 12 atom stereocenters. The Labute approximate surface area is 478 Å². The standard InChI is InChI=1S/C65H115NO13/c1-3-5-7-9-11-13-15-17-19-21-23-24-25-26-27-28-29-31-32-34-36-38-40-42-44-46-48-54(69)53(66-57(70)49-47-45-43-41-39-37-35-33-30-22-20-18-16-14-12-10-8-6-4-2)52-76-64-62(75)60(73)63(56(51-68)78-64)79-65-61(74)59(72)58(71)55(50-67)77-65/h6,8,12,14,18,20,30,33,37,39,46,48,53-56,58-65,67-69,71-75H,3-5,7,9-11,13,15-17,19,21-29,31-32,34-36,38,40-45,47,49-52H2,1-2H3,(H,66,70)/b8-6-,14-12-,20-18-,33-30-,39-37-,48-46+. The van der Waals surface area contributed by atoms with E-state index >= 15 is 0 Å². The van der Waals surface area contributed by atoms with Crippen molar-refractivity contribution in [3.8, 4) is 0 Å². The van der Waals surface area contributed by atoms with Gasteiger partial charge in [-0.15, -0.1) is 0 Å². The highest BCUT2D eigenvalue weighted by Gasteiger charge is 2.51. The molecule has 0 spiro atoms. The van der Waals surface area contributed by atoms with E-state index < -0.39 is 86.8 Å². The lowest BCUT2D eigenvalue weighted by Crippen LogP contribution is -2.65. The predicted molar refractivity (Wildman–Crippen MR) is 318 cm³/mol. The lowest BCUT2D eigenvalue weighted by Gasteiger charge is -2.46. The zero-order valence-corrected chi connectivity index (χ0v) is 49.3. The highest BCUT2D eigenvalue weighted by atomic mass is 16.7. The third-order valence-electron chi connectivity index (χ3n) is 15.1. The Bertz CT molecular complexity index is 1600. The van der Waals surface area contributed by atoms with Crippen molar-refractivity contribution in [2.45, 2.75) is 312 Å². The summed E-state index contributed by atoms with van der Waals surface area (Å²) in [6.07, 6.45) is 49.5. The number of aliphatic hydroxyl groups is 8. The molecule has 2 rings (SSSR count). The number of rotatable bonds is 50. The average molecular weight is 1120 g/mol. The molecule has 14 heteroatoms. The molecule has 0 aromatic heterocycles. The molecule has 458 valence electrons. The fraction of sp³-hybridized carbons (Fsp3) is 0.800. The molecule has 9 N–H and O–H groups in total. The van der Waals surface area contributed by atoms with Crippen LogP contribution in [0, 0.1) is 0 Å². The van der Waals surface area contributed by atoms with Crippen LogP contribution in [0.15, 0.2) is 72.9 Å². The molecule has 79 heavy (non-hydrogen) atoms. The third kappa shape index (κ3) is 35.2. The summed E-state index contributed by atoms with van der Waals surface area (Å²) in [7, 11) is 0. The van der Waals surface area contributed by atoms with Gasteiger partial charge in [-0.05, 0) is 64.2 Å². The molecule has 14 nitrogen and oxygen atoms in total. The summed E-state index contributed by atoms with van der Waals surface area (Å²) in [5.74, 6) is -0.271. The predicted octanol–water partition coefficient (Wildman–Crippen LogP) is 11.5. The minimum Gasteiger partial charge on any atom is -0.394 e. The SMILES string of the molecule is CC/C=C\C/C=C\C/C=C\C/C=C\C/C=C\CCCCCC(=O)NC(COC1OC(CO)C(OC2OC(CO)C(O)C(O)C2O)C(O)C1O)C(O)/C=C/CCCCCCCCCCCCCCCCCCCCCCCCCC. The van der Waals surface area contributed by atoms with Crippen LogP contribution in [0.5, 0.6) is 0 Å². The molecule has 0 aromatic carbocycles. The van der Waals surface area contributed by atoms with Gasteiger partial charge < -0.3 is 65.1 Å². The van der Waals surface area contributed by atoms with E-state index in [0.717, 1.165) is 70.6 Å². The number of unbranched alkanes of at least 4 members (excludes halogenated alkanes) is 27. The van der Waals surface area contributed by atoms with Crippen LogP contribution in [0.2, 0.25) is 0 Å². The van der Waals surface area contributed by atoms with Crippen molar-refractivity contribution < 1.29 is 64.6 Å². The second kappa shape index (κ2) is 50.0. The van der Waals surface area contributed by atoms with Gasteiger partial charge in [0.2, 0.25) is 5.91 Å². The summed E-state index contributed by atoms with van der Waals surface area (Å²) >= 11 is 0. The van der Waals surface area contributed by atoms with Crippen molar-refractivity contribution in [1.82, 2.24) is 5.32 Å². The molecule has 0 radical (unpaired) electrons. The maximum atomic E-state index is 13.3. The Kier molecular flexibility index (Phi) is 45.9. The minimum absolute atomic E-state index is 0.239. The summed E-state index contributed by atoms with van der Waals surface area (Å²) in [4.78, 5) is 13.3. The van der Waals surface area contributed by atoms with Gasteiger partial charge in [-0.1, -0.05) is 241 Å². The maximum absolute atomic E-state index is 13.3. The Morgan fingerprint density at radius 2 is 0.873 bits per heavy atom. The molecule has 2 heterocycles. The number of carbonyl (C=O) groups excluding carboxylic acids is 1. The van der Waals surface area contributed by atoms with E-state index in [9.17, 15) is 45.6 Å². The van der Waals surface area contributed by atoms with E-state index in [1.165, 1.54) is 141 Å². The van der Waals surface area contributed by atoms with Crippen molar-refractivity contribution in [1.29, 1.82) is 0 Å². The van der Waals surface area contributed by atoms with Crippen LogP contribution >= 0.6 is 0 Å². The molecule has 0 aliphatic carbocycles. The van der Waals surface area contributed by atoms with Crippen molar-refractivity contribution in [3.63, 3.8) is 0 Å². The number of nitrogens with one attached hydrogen (secondary N) is 1. The minimum atomic E-state index is -1.80. The van der Waals surface area contributed by atoms with Crippen molar-refractivity contribution in [3.05, 3.63) is 72.9 Å². The first-order chi connectivity index (χ1) is 38.6. The van der Waals surface area contributed by atoms with Crippen LogP contribution < -0.4 is 5.32 Å². The Hall–Kier alpha value is -2.57. The van der Waals surface area contributed by atoms with Crippen LogP contribution in [-0.4, -0.2) is 140 Å². The van der Waals surface area contributed by atoms with Gasteiger partial charge in [-0.3, -0.25) is 4.79 Å². The zero-order chi connectivity index (χ0) is 57.4. The topological polar surface area (TPSA) is 228 Å². The summed E-state index contributed by atoms with van der Waals surface area (Å²) in [6, 6.07) is -0.937. The normalized spacial score (nSPS) is 24.9. The summed E-state index contributed by atoms with van der Waals surface area (Å²) in [5.41, 5.74) is 0. The molecule has 12 unspecified atom stereocenters. The molecule has 0 saturated carbocycles. The zero-order valence-electron chi connectivity index (χ0n) is 49.3. The van der Waals surface area contributed by atoms with Crippen molar-refractivity contribution in [2.24, 2.45) is 0 Å². The van der Waals surface area contributed by atoms with E-state index in [1.54, 1.807) is 6.08 Å². The number of carbonyl (C=O) groups is 1. The average Bonchev–Trinajstić information content (AvgIpc) is 3.47. The molecule has 2 aliphatic rings. The third-order valence-corrected chi connectivity index (χ3v) is 15.1. The Balaban J connectivity index is 1.75. The van der Waals surface area contributed by atoms with Gasteiger partial charge in [-0.25, -0.2) is 0 Å². The monoisotopic (exact) mass is 1120 g/mol. The van der Waals surface area contributed by atoms with Crippen molar-refractivity contribution in [2.75, 3.05) is 19.8 Å². The second-order valence-corrected chi connectivity index (χ2v) is 22.2. The van der Waals surface area contributed by atoms with Gasteiger partial charge in [0.05, 0.1) is 32.0 Å². The van der Waals surface area contributed by atoms with Gasteiger partial charge in [0.1, 0.15) is 48.8 Å². The quantitative estimate of drug-likeness (QED) is 0.0204. The van der Waals surface area contributed by atoms with Crippen LogP contribution in [0.3, 0.4) is 0 Å². The molecule has 0 aromatic rings. The highest BCUT2D eigenvalue weighted by Crippen LogP contribution is 2.30. The van der Waals surface area contributed by atoms with Gasteiger partial charge in [0.25, 0.3) is 0 Å². The molecule has 1 amide bonds. The maximum Gasteiger partial charge on any atom is 0.220 e. The first kappa shape index (κ1) is 72.5. The lowest BCUT2D eigenvalue weighted by molar-refractivity contribution is -0.359. The molecular formula is C65H115NO13. The van der Waals surface area contributed by atoms with Crippen LogP contribution in [0.4, 0.5) is 0 Å². The van der Waals surface area contributed by atoms with Crippen LogP contribution in [0.1, 0.15) is 239 Å². The second-order valence-electron chi connectivity index (χ2n) is 22.2. The van der Waals surface area contributed by atoms with Gasteiger partial charge in [0, 0.05) is 6.42 Å². The summed E-state index contributed by atoms with van der Waals surface area (Å²) in [6.45, 7) is 2.67. The number of amides is 1. The largest absolute Gasteiger partial charge is 0.394 e. The Morgan fingerprint density at radius 3 is 1.34 bits per heavy atom. The number of hydrogen-bond donors (Lipinski definition) is 9. The van der Waals surface area contributed by atoms with E-state index in [-0.39, 0.29) is 18.9 Å². The molecule has 2 aliphatic heterocycles. The van der Waals surface area contributed by atoms with E-state index in [4.69, 9.17) is 18.9 Å². The molecule has 0 bridgehead atoms. The summed E-state index contributed by atoms with van der Waals surface area (Å²) < 4.78 is 22.8. The van der Waals surface area contributed by atoms with Gasteiger partial charge >= 0.3 is 0 Å². The lowest BCUT2D eigenvalue weighted by atomic mass is 9.97. The van der Waals surface area contributed by atoms with Crippen LogP contribution in [0.25, 0.3) is 0 Å². The van der Waals surface area contributed by atoms with Gasteiger partial charge in [-0.2, -0.15) is 0 Å². The molecular weight excluding hydrogens is 1000 g/mol. The Morgan fingerprint density at radius 1 is 0.468 bits per heavy atom. The smallest absolute Gasteiger partial charge is 0.220 e. The number of hydrogen-bond acceptors (Lipinski definition) is 13. The highest BCUT2D eigenvalue weighted by molar-refractivity contribution is 5.76. The first-order valence-electron chi connectivity index (χ1n) is 31.7. The van der Waals surface area contributed by atoms with Crippen LogP contribution in [-0.2, 0) is 23.7 Å². The number of ether oxygens (including phenoxy) is 4. The van der Waals surface area contributed by atoms with Gasteiger partial charge in [0.15, 0.2) is 12.6 Å². The fourth-order valence-electron chi connectivity index (χ4n) is 10.1. The summed E-state index contributed by atoms with van der Waals surface area (Å²) in [5, 5.41) is 87.2. The van der Waals surface area contributed by atoms with E-state index in [2.05, 4.69) is 79.9 Å². The fourth-order valence-corrected chi connectivity index (χ4v) is 10.1. The number of aliphatic hydroxyl groups excluding tert-OH is 8. The molecule has 2 fully saturated rings. The number of allylic oxidation sites excluding steroid dienone is 11.